The quantitative estimate of drug-likeness (QED) is 0.849. The van der Waals surface area contributed by atoms with Crippen molar-refractivity contribution in [2.24, 2.45) is 0 Å². The fraction of sp³-hybridized carbons (Fsp3) is 0.533. The van der Waals surface area contributed by atoms with E-state index in [1.807, 2.05) is 0 Å². The Balaban J connectivity index is 1.52. The number of amides is 2. The predicted molar refractivity (Wildman–Crippen MR) is 73.1 cm³/mol. The van der Waals surface area contributed by atoms with Crippen molar-refractivity contribution in [3.8, 4) is 0 Å². The van der Waals surface area contributed by atoms with E-state index in [4.69, 9.17) is 4.74 Å². The number of urea groups is 1. The normalized spacial score (nSPS) is 25.7. The van der Waals surface area contributed by atoms with E-state index in [0.717, 1.165) is 32.3 Å². The molecule has 2 unspecified atom stereocenters. The number of hydrogen-bond donors (Lipinski definition) is 2. The molecule has 0 radical (unpaired) electrons. The van der Waals surface area contributed by atoms with Crippen LogP contribution in [-0.2, 0) is 17.6 Å². The molecule has 4 nitrogen and oxygen atoms in total. The summed E-state index contributed by atoms with van der Waals surface area (Å²) in [6.07, 6.45) is 3.92. The molecule has 2 aliphatic rings. The van der Waals surface area contributed by atoms with E-state index >= 15 is 0 Å². The lowest BCUT2D eigenvalue weighted by atomic mass is 9.88. The summed E-state index contributed by atoms with van der Waals surface area (Å²) in [6.45, 7) is 1.39. The first-order valence-corrected chi connectivity index (χ1v) is 7.03. The maximum atomic E-state index is 11.9. The second-order valence-electron chi connectivity index (χ2n) is 5.39. The van der Waals surface area contributed by atoms with Gasteiger partial charge in [-0.15, -0.1) is 0 Å². The Hall–Kier alpha value is -1.55. The number of ether oxygens (including phenoxy) is 1. The molecule has 2 N–H and O–H groups in total. The average Bonchev–Trinajstić information content (AvgIpc) is 2.91. The number of rotatable bonds is 2. The van der Waals surface area contributed by atoms with Crippen LogP contribution in [0.2, 0.25) is 0 Å². The van der Waals surface area contributed by atoms with Crippen molar-refractivity contribution in [3.05, 3.63) is 35.4 Å². The van der Waals surface area contributed by atoms with E-state index < -0.39 is 0 Å². The molecule has 102 valence electrons. The summed E-state index contributed by atoms with van der Waals surface area (Å²) in [4.78, 5) is 11.9. The summed E-state index contributed by atoms with van der Waals surface area (Å²) in [5, 5.41) is 6.06. The first-order chi connectivity index (χ1) is 9.31. The maximum absolute atomic E-state index is 11.9. The fourth-order valence-electron chi connectivity index (χ4n) is 2.88. The molecule has 1 aromatic rings. The van der Waals surface area contributed by atoms with Crippen molar-refractivity contribution in [3.63, 3.8) is 0 Å². The summed E-state index contributed by atoms with van der Waals surface area (Å²) in [6, 6.07) is 8.86. The van der Waals surface area contributed by atoms with Gasteiger partial charge in [0, 0.05) is 12.6 Å². The molecule has 1 aliphatic heterocycles. The molecule has 19 heavy (non-hydrogen) atoms. The number of carbonyl (C=O) groups is 1. The molecule has 0 spiro atoms. The van der Waals surface area contributed by atoms with E-state index in [-0.39, 0.29) is 18.1 Å². The smallest absolute Gasteiger partial charge is 0.315 e. The zero-order valence-corrected chi connectivity index (χ0v) is 11.0. The van der Waals surface area contributed by atoms with E-state index in [9.17, 15) is 4.79 Å². The van der Waals surface area contributed by atoms with Gasteiger partial charge in [0.25, 0.3) is 0 Å². The van der Waals surface area contributed by atoms with Crippen LogP contribution < -0.4 is 10.6 Å². The highest BCUT2D eigenvalue weighted by atomic mass is 16.5. The van der Waals surface area contributed by atoms with Gasteiger partial charge < -0.3 is 15.4 Å². The van der Waals surface area contributed by atoms with Crippen LogP contribution in [0.4, 0.5) is 4.79 Å². The van der Waals surface area contributed by atoms with Crippen molar-refractivity contribution in [2.45, 2.75) is 37.8 Å². The molecule has 2 amide bonds. The molecule has 3 rings (SSSR count). The lowest BCUT2D eigenvalue weighted by Gasteiger charge is -2.26. The highest BCUT2D eigenvalue weighted by molar-refractivity contribution is 5.74. The van der Waals surface area contributed by atoms with Crippen LogP contribution in [0.3, 0.4) is 0 Å². The molecule has 1 fully saturated rings. The number of aryl methyl sites for hydroxylation is 1. The first-order valence-electron chi connectivity index (χ1n) is 7.03. The molecular weight excluding hydrogens is 240 g/mol. The molecule has 4 heteroatoms. The molecular formula is C15H20N2O2. The van der Waals surface area contributed by atoms with Crippen LogP contribution in [-0.4, -0.2) is 31.3 Å². The number of nitrogens with one attached hydrogen (secondary N) is 2. The Morgan fingerprint density at radius 1 is 1.11 bits per heavy atom. The van der Waals surface area contributed by atoms with Crippen LogP contribution >= 0.6 is 0 Å². The number of carbonyl (C=O) groups excluding carboxylic acids is 1. The van der Waals surface area contributed by atoms with Crippen molar-refractivity contribution in [2.75, 3.05) is 13.2 Å². The van der Waals surface area contributed by atoms with E-state index in [2.05, 4.69) is 34.9 Å². The number of benzene rings is 1. The minimum Gasteiger partial charge on any atom is -0.379 e. The van der Waals surface area contributed by atoms with E-state index in [1.165, 1.54) is 11.1 Å². The highest BCUT2D eigenvalue weighted by Gasteiger charge is 2.22. The zero-order chi connectivity index (χ0) is 13.1. The fourth-order valence-corrected chi connectivity index (χ4v) is 2.88. The average molecular weight is 260 g/mol. The zero-order valence-electron chi connectivity index (χ0n) is 11.0. The van der Waals surface area contributed by atoms with Gasteiger partial charge in [0.05, 0.1) is 12.6 Å². The maximum Gasteiger partial charge on any atom is 0.315 e. The predicted octanol–water partition coefficient (Wildman–Crippen LogP) is 1.63. The Morgan fingerprint density at radius 3 is 2.68 bits per heavy atom. The Labute approximate surface area is 113 Å². The largest absolute Gasteiger partial charge is 0.379 e. The Morgan fingerprint density at radius 2 is 1.89 bits per heavy atom. The molecule has 2 atom stereocenters. The van der Waals surface area contributed by atoms with Crippen molar-refractivity contribution >= 4 is 6.03 Å². The van der Waals surface area contributed by atoms with E-state index in [1.54, 1.807) is 0 Å². The molecule has 1 aliphatic carbocycles. The minimum atomic E-state index is -0.0557. The van der Waals surface area contributed by atoms with E-state index in [0.29, 0.717) is 6.61 Å². The summed E-state index contributed by atoms with van der Waals surface area (Å²) >= 11 is 0. The van der Waals surface area contributed by atoms with Gasteiger partial charge in [-0.1, -0.05) is 24.3 Å². The number of hydrogen-bond acceptors (Lipinski definition) is 2. The molecule has 1 heterocycles. The van der Waals surface area contributed by atoms with Crippen LogP contribution in [0.1, 0.15) is 24.0 Å². The third-order valence-corrected chi connectivity index (χ3v) is 3.95. The molecule has 0 saturated carbocycles. The van der Waals surface area contributed by atoms with Gasteiger partial charge >= 0.3 is 6.03 Å². The Kier molecular flexibility index (Phi) is 3.69. The highest BCUT2D eigenvalue weighted by Crippen LogP contribution is 2.20. The lowest BCUT2D eigenvalue weighted by molar-refractivity contribution is 0.188. The van der Waals surface area contributed by atoms with Crippen molar-refractivity contribution < 1.29 is 9.53 Å². The van der Waals surface area contributed by atoms with Crippen molar-refractivity contribution in [1.29, 1.82) is 0 Å². The minimum absolute atomic E-state index is 0.0557. The first kappa shape index (κ1) is 12.5. The SMILES string of the molecule is O=C(NC1CCOC1)NC1CCc2ccccc2C1. The van der Waals surface area contributed by atoms with Gasteiger partial charge in [-0.05, 0) is 36.8 Å². The van der Waals surface area contributed by atoms with Crippen molar-refractivity contribution in [1.82, 2.24) is 10.6 Å². The summed E-state index contributed by atoms with van der Waals surface area (Å²) < 4.78 is 5.25. The van der Waals surface area contributed by atoms with Crippen LogP contribution in [0.5, 0.6) is 0 Å². The second kappa shape index (κ2) is 5.61. The number of fused-ring (bicyclic) bond motifs is 1. The summed E-state index contributed by atoms with van der Waals surface area (Å²) in [5.41, 5.74) is 2.79. The third-order valence-electron chi connectivity index (χ3n) is 3.95. The van der Waals surface area contributed by atoms with Gasteiger partial charge in [-0.25, -0.2) is 4.79 Å². The second-order valence-corrected chi connectivity index (χ2v) is 5.39. The van der Waals surface area contributed by atoms with Gasteiger partial charge in [0.2, 0.25) is 0 Å². The monoisotopic (exact) mass is 260 g/mol. The van der Waals surface area contributed by atoms with Gasteiger partial charge in [-0.2, -0.15) is 0 Å². The van der Waals surface area contributed by atoms with Gasteiger partial charge in [0.15, 0.2) is 0 Å². The molecule has 0 bridgehead atoms. The van der Waals surface area contributed by atoms with Crippen LogP contribution in [0.15, 0.2) is 24.3 Å². The van der Waals surface area contributed by atoms with Crippen LogP contribution in [0, 0.1) is 0 Å². The lowest BCUT2D eigenvalue weighted by Crippen LogP contribution is -2.48. The van der Waals surface area contributed by atoms with Crippen LogP contribution in [0.25, 0.3) is 0 Å². The summed E-state index contributed by atoms with van der Waals surface area (Å²) in [7, 11) is 0. The standard InChI is InChI=1S/C15H20N2O2/c18-15(17-14-7-8-19-10-14)16-13-6-5-11-3-1-2-4-12(11)9-13/h1-4,13-14H,5-10H2,(H2,16,17,18). The molecule has 1 aromatic carbocycles. The summed E-state index contributed by atoms with van der Waals surface area (Å²) in [5.74, 6) is 0. The third kappa shape index (κ3) is 3.07. The molecule has 0 aromatic heterocycles. The molecule has 1 saturated heterocycles. The van der Waals surface area contributed by atoms with Gasteiger partial charge in [-0.3, -0.25) is 0 Å². The van der Waals surface area contributed by atoms with Gasteiger partial charge in [0.1, 0.15) is 0 Å². The Bertz CT molecular complexity index is 455. The topological polar surface area (TPSA) is 50.4 Å².